The first-order chi connectivity index (χ1) is 11.8. The summed E-state index contributed by atoms with van der Waals surface area (Å²) >= 11 is 0. The number of hydrogen-bond donors (Lipinski definition) is 2. The van der Waals surface area contributed by atoms with E-state index in [-0.39, 0.29) is 0 Å². The van der Waals surface area contributed by atoms with Gasteiger partial charge in [-0.15, -0.1) is 0 Å². The maximum absolute atomic E-state index is 4.69. The number of pyridine rings is 1. The molecule has 24 heavy (non-hydrogen) atoms. The first-order valence-electron chi connectivity index (χ1n) is 9.48. The maximum Gasteiger partial charge on any atom is 0.191 e. The number of hydrogen-bond acceptors (Lipinski definition) is 3. The summed E-state index contributed by atoms with van der Waals surface area (Å²) in [5, 5.41) is 6.78. The molecule has 1 saturated heterocycles. The lowest BCUT2D eigenvalue weighted by Gasteiger charge is -2.17. The summed E-state index contributed by atoms with van der Waals surface area (Å²) in [5.41, 5.74) is 1.15. The SMILES string of the molecule is CCNC(=NCc1ccc(N2CCCC2)nc1)NCC(CC)CC. The summed E-state index contributed by atoms with van der Waals surface area (Å²) in [6.07, 6.45) is 6.92. The molecular formula is C19H33N5. The molecule has 0 saturated carbocycles. The second-order valence-corrected chi connectivity index (χ2v) is 6.48. The van der Waals surface area contributed by atoms with E-state index in [9.17, 15) is 0 Å². The largest absolute Gasteiger partial charge is 0.357 e. The fourth-order valence-electron chi connectivity index (χ4n) is 2.97. The van der Waals surface area contributed by atoms with Gasteiger partial charge in [-0.1, -0.05) is 32.8 Å². The normalized spacial score (nSPS) is 15.2. The fourth-order valence-corrected chi connectivity index (χ4v) is 2.97. The first kappa shape index (κ1) is 18.6. The van der Waals surface area contributed by atoms with Crippen molar-refractivity contribution in [3.8, 4) is 0 Å². The molecule has 134 valence electrons. The maximum atomic E-state index is 4.69. The van der Waals surface area contributed by atoms with Crippen LogP contribution in [0.25, 0.3) is 0 Å². The van der Waals surface area contributed by atoms with Crippen molar-refractivity contribution >= 4 is 11.8 Å². The van der Waals surface area contributed by atoms with Gasteiger partial charge < -0.3 is 15.5 Å². The minimum Gasteiger partial charge on any atom is -0.357 e. The third-order valence-corrected chi connectivity index (χ3v) is 4.72. The lowest BCUT2D eigenvalue weighted by Crippen LogP contribution is -2.39. The molecule has 0 aliphatic carbocycles. The van der Waals surface area contributed by atoms with Crippen LogP contribution < -0.4 is 15.5 Å². The number of guanidine groups is 1. The number of anilines is 1. The van der Waals surface area contributed by atoms with Crippen molar-refractivity contribution in [3.05, 3.63) is 23.9 Å². The van der Waals surface area contributed by atoms with Crippen LogP contribution in [0.1, 0.15) is 52.0 Å². The molecule has 1 aromatic heterocycles. The fraction of sp³-hybridized carbons (Fsp3) is 0.684. The standard InChI is InChI=1S/C19H33N5/c1-4-16(5-2)13-22-19(20-6-3)23-15-17-9-10-18(21-14-17)24-11-7-8-12-24/h9-10,14,16H,4-8,11-13,15H2,1-3H3,(H2,20,22,23). The van der Waals surface area contributed by atoms with Crippen molar-refractivity contribution in [3.63, 3.8) is 0 Å². The molecule has 0 atom stereocenters. The van der Waals surface area contributed by atoms with Gasteiger partial charge in [0.1, 0.15) is 5.82 Å². The predicted octanol–water partition coefficient (Wildman–Crippen LogP) is 3.17. The van der Waals surface area contributed by atoms with E-state index in [1.54, 1.807) is 0 Å². The van der Waals surface area contributed by atoms with E-state index in [1.807, 2.05) is 6.20 Å². The molecule has 0 bridgehead atoms. The van der Waals surface area contributed by atoms with Crippen LogP contribution in [0, 0.1) is 5.92 Å². The number of nitrogens with one attached hydrogen (secondary N) is 2. The van der Waals surface area contributed by atoms with Crippen molar-refractivity contribution in [2.24, 2.45) is 10.9 Å². The second kappa shape index (κ2) is 10.2. The molecule has 0 aromatic carbocycles. The number of aliphatic imine (C=N–C) groups is 1. The lowest BCUT2D eigenvalue weighted by atomic mass is 10.0. The van der Waals surface area contributed by atoms with E-state index in [4.69, 9.17) is 4.99 Å². The van der Waals surface area contributed by atoms with Crippen LogP contribution in [0.15, 0.2) is 23.3 Å². The zero-order valence-electron chi connectivity index (χ0n) is 15.5. The van der Waals surface area contributed by atoms with E-state index in [0.717, 1.165) is 43.5 Å². The van der Waals surface area contributed by atoms with Crippen molar-refractivity contribution < 1.29 is 0 Å². The predicted molar refractivity (Wildman–Crippen MR) is 103 cm³/mol. The van der Waals surface area contributed by atoms with E-state index >= 15 is 0 Å². The molecule has 0 spiro atoms. The molecule has 1 aliphatic rings. The number of aromatic nitrogens is 1. The van der Waals surface area contributed by atoms with Gasteiger partial charge in [-0.3, -0.25) is 0 Å². The summed E-state index contributed by atoms with van der Waals surface area (Å²) in [7, 11) is 0. The quantitative estimate of drug-likeness (QED) is 0.567. The van der Waals surface area contributed by atoms with Gasteiger partial charge in [0, 0.05) is 32.4 Å². The van der Waals surface area contributed by atoms with Crippen LogP contribution in [-0.2, 0) is 6.54 Å². The molecule has 1 aliphatic heterocycles. The Labute approximate surface area is 147 Å². The van der Waals surface area contributed by atoms with Crippen LogP contribution in [-0.4, -0.2) is 37.1 Å². The minimum atomic E-state index is 0.658. The summed E-state index contributed by atoms with van der Waals surface area (Å²) in [6, 6.07) is 4.27. The van der Waals surface area contributed by atoms with Gasteiger partial charge in [0.05, 0.1) is 6.54 Å². The van der Waals surface area contributed by atoms with Crippen LogP contribution in [0.2, 0.25) is 0 Å². The monoisotopic (exact) mass is 331 g/mol. The van der Waals surface area contributed by atoms with Crippen molar-refractivity contribution in [2.75, 3.05) is 31.1 Å². The number of nitrogens with zero attached hydrogens (tertiary/aromatic N) is 3. The highest BCUT2D eigenvalue weighted by atomic mass is 15.2. The van der Waals surface area contributed by atoms with E-state index in [1.165, 1.54) is 25.7 Å². The molecule has 1 fully saturated rings. The minimum absolute atomic E-state index is 0.658. The van der Waals surface area contributed by atoms with Crippen LogP contribution in [0.5, 0.6) is 0 Å². The van der Waals surface area contributed by atoms with Gasteiger partial charge >= 0.3 is 0 Å². The van der Waals surface area contributed by atoms with Gasteiger partial charge in [-0.05, 0) is 37.3 Å². The summed E-state index contributed by atoms with van der Waals surface area (Å²) in [4.78, 5) is 11.6. The van der Waals surface area contributed by atoms with Crippen LogP contribution in [0.3, 0.4) is 0 Å². The summed E-state index contributed by atoms with van der Waals surface area (Å²) < 4.78 is 0. The first-order valence-corrected chi connectivity index (χ1v) is 9.48. The van der Waals surface area contributed by atoms with Gasteiger partial charge in [0.25, 0.3) is 0 Å². The Bertz CT molecular complexity index is 487. The topological polar surface area (TPSA) is 52.6 Å². The Morgan fingerprint density at radius 2 is 1.92 bits per heavy atom. The Kier molecular flexibility index (Phi) is 7.86. The zero-order valence-corrected chi connectivity index (χ0v) is 15.5. The molecule has 0 unspecified atom stereocenters. The highest BCUT2D eigenvalue weighted by molar-refractivity contribution is 5.79. The Hall–Kier alpha value is -1.78. The summed E-state index contributed by atoms with van der Waals surface area (Å²) in [6.45, 7) is 11.4. The summed E-state index contributed by atoms with van der Waals surface area (Å²) in [5.74, 6) is 2.70. The van der Waals surface area contributed by atoms with Crippen LogP contribution >= 0.6 is 0 Å². The molecule has 2 N–H and O–H groups in total. The van der Waals surface area contributed by atoms with Gasteiger partial charge in [0.2, 0.25) is 0 Å². The average molecular weight is 332 g/mol. The average Bonchev–Trinajstić information content (AvgIpc) is 3.15. The molecule has 1 aromatic rings. The highest BCUT2D eigenvalue weighted by Crippen LogP contribution is 2.17. The smallest absolute Gasteiger partial charge is 0.191 e. The highest BCUT2D eigenvalue weighted by Gasteiger charge is 2.12. The Morgan fingerprint density at radius 3 is 2.50 bits per heavy atom. The van der Waals surface area contributed by atoms with E-state index in [0.29, 0.717) is 12.5 Å². The molecular weight excluding hydrogens is 298 g/mol. The zero-order chi connectivity index (χ0) is 17.2. The second-order valence-electron chi connectivity index (χ2n) is 6.48. The Balaban J connectivity index is 1.89. The lowest BCUT2D eigenvalue weighted by molar-refractivity contribution is 0.481. The molecule has 2 rings (SSSR count). The molecule has 0 radical (unpaired) electrons. The van der Waals surface area contributed by atoms with Crippen molar-refractivity contribution in [1.82, 2.24) is 15.6 Å². The molecule has 0 amide bonds. The Morgan fingerprint density at radius 1 is 1.17 bits per heavy atom. The van der Waals surface area contributed by atoms with Gasteiger partial charge in [-0.25, -0.2) is 9.98 Å². The molecule has 5 heteroatoms. The van der Waals surface area contributed by atoms with Crippen LogP contribution in [0.4, 0.5) is 5.82 Å². The van der Waals surface area contributed by atoms with Gasteiger partial charge in [0.15, 0.2) is 5.96 Å². The molecule has 5 nitrogen and oxygen atoms in total. The van der Waals surface area contributed by atoms with Crippen molar-refractivity contribution in [2.45, 2.75) is 53.0 Å². The number of rotatable bonds is 8. The third kappa shape index (κ3) is 5.69. The van der Waals surface area contributed by atoms with E-state index < -0.39 is 0 Å². The third-order valence-electron chi connectivity index (χ3n) is 4.72. The molecule has 2 heterocycles. The van der Waals surface area contributed by atoms with E-state index in [2.05, 4.69) is 53.4 Å². The van der Waals surface area contributed by atoms with Crippen molar-refractivity contribution in [1.29, 1.82) is 0 Å². The van der Waals surface area contributed by atoms with Gasteiger partial charge in [-0.2, -0.15) is 0 Å².